The lowest BCUT2D eigenvalue weighted by molar-refractivity contribution is -0.114. The minimum absolute atomic E-state index is 0.00926. The first kappa shape index (κ1) is 43.2. The summed E-state index contributed by atoms with van der Waals surface area (Å²) in [5.74, 6) is 1.76. The van der Waals surface area contributed by atoms with Crippen LogP contribution in [0.5, 0.6) is 23.0 Å². The Labute approximate surface area is 359 Å². The molecule has 2 aliphatic rings. The lowest BCUT2D eigenvalue weighted by Crippen LogP contribution is -2.39. The summed E-state index contributed by atoms with van der Waals surface area (Å²) in [4.78, 5) is 43.8. The second-order valence-corrected chi connectivity index (χ2v) is 14.9. The van der Waals surface area contributed by atoms with E-state index in [2.05, 4.69) is 53.4 Å². The van der Waals surface area contributed by atoms with Gasteiger partial charge in [0.25, 0.3) is 0 Å². The fourth-order valence-corrected chi connectivity index (χ4v) is 7.44. The number of methoxy groups -OCH3 is 4. The summed E-state index contributed by atoms with van der Waals surface area (Å²) in [5, 5.41) is 32.2. The summed E-state index contributed by atoms with van der Waals surface area (Å²) in [7, 11) is 6.16. The number of amides is 2. The number of carbonyl (C=O) groups is 2. The van der Waals surface area contributed by atoms with Crippen molar-refractivity contribution in [2.24, 2.45) is 31.4 Å². The van der Waals surface area contributed by atoms with Gasteiger partial charge in [-0.2, -0.15) is 10.5 Å². The fraction of sp³-hybridized carbons (Fsp3) is 0.220. The zero-order valence-electron chi connectivity index (χ0n) is 33.3. The number of rotatable bonds is 14. The van der Waals surface area contributed by atoms with Crippen LogP contribution in [0.3, 0.4) is 0 Å². The number of nitrogens with two attached hydrogens (primary N) is 2. The lowest BCUT2D eigenvalue weighted by Gasteiger charge is -2.20. The number of hydrogen-bond donors (Lipinski definition) is 6. The van der Waals surface area contributed by atoms with Crippen LogP contribution in [0, 0.1) is 22.7 Å². The Bertz CT molecular complexity index is 2380. The Morgan fingerprint density at radius 2 is 1.03 bits per heavy atom. The Morgan fingerprint density at radius 1 is 0.623 bits per heavy atom. The molecule has 8 N–H and O–H groups in total. The molecular formula is C41H40N12O6S2. The van der Waals surface area contributed by atoms with E-state index in [1.807, 2.05) is 0 Å². The highest BCUT2D eigenvalue weighted by atomic mass is 32.2. The van der Waals surface area contributed by atoms with E-state index in [0.29, 0.717) is 67.0 Å². The number of ether oxygens (including phenoxy) is 4. The summed E-state index contributed by atoms with van der Waals surface area (Å²) in [6.45, 7) is 0. The summed E-state index contributed by atoms with van der Waals surface area (Å²) in [5.41, 5.74) is 16.3. The number of nitrogens with one attached hydrogen (secondary N) is 4. The van der Waals surface area contributed by atoms with E-state index in [4.69, 9.17) is 30.4 Å². The summed E-state index contributed by atoms with van der Waals surface area (Å²) in [6, 6.07) is 25.0. The molecule has 4 aromatic rings. The van der Waals surface area contributed by atoms with Crippen LogP contribution in [0.1, 0.15) is 45.7 Å². The number of benzene rings is 4. The molecule has 0 saturated heterocycles. The van der Waals surface area contributed by atoms with Crippen LogP contribution in [0.4, 0.5) is 11.4 Å². The quantitative estimate of drug-likeness (QED) is 0.103. The minimum atomic E-state index is -0.651. The van der Waals surface area contributed by atoms with Crippen molar-refractivity contribution in [2.45, 2.75) is 18.8 Å². The minimum Gasteiger partial charge on any atom is -0.493 e. The fourth-order valence-electron chi connectivity index (χ4n) is 6.06. The third-order valence-corrected chi connectivity index (χ3v) is 10.7. The SMILES string of the molecule is COc1ccc([C@@H]2N=C(N)NC(SCC(=O)Nc3ccc(Cc4ccc(NC(=O)CSC5=N[C@H](c6ccc(OC)c(OC)c6)N=C(N)N5)cc4C#N)c(C#N)c3)=N2)cc1OC. The number of amidine groups is 2. The molecule has 2 aliphatic heterocycles. The molecule has 0 bridgehead atoms. The third-order valence-electron chi connectivity index (χ3n) is 8.97. The Hall–Kier alpha value is -7.42. The molecule has 20 heteroatoms. The number of hydrogen-bond acceptors (Lipinski definition) is 18. The van der Waals surface area contributed by atoms with Gasteiger partial charge in [-0.25, -0.2) is 20.0 Å². The zero-order valence-corrected chi connectivity index (χ0v) is 34.9. The van der Waals surface area contributed by atoms with Crippen LogP contribution in [0.15, 0.2) is 92.8 Å². The Balaban J connectivity index is 1.03. The molecule has 312 valence electrons. The molecule has 2 atom stereocenters. The smallest absolute Gasteiger partial charge is 0.234 e. The lowest BCUT2D eigenvalue weighted by atomic mass is 9.96. The molecule has 0 saturated carbocycles. The molecular weight excluding hydrogens is 821 g/mol. The van der Waals surface area contributed by atoms with Gasteiger partial charge in [-0.05, 0) is 59.7 Å². The van der Waals surface area contributed by atoms with Gasteiger partial charge in [0.15, 0.2) is 57.6 Å². The number of guanidine groups is 2. The van der Waals surface area contributed by atoms with Crippen LogP contribution in [0.2, 0.25) is 0 Å². The van der Waals surface area contributed by atoms with E-state index in [1.54, 1.807) is 87.0 Å². The van der Waals surface area contributed by atoms with Crippen molar-refractivity contribution in [1.29, 1.82) is 10.5 Å². The van der Waals surface area contributed by atoms with E-state index in [1.165, 1.54) is 14.2 Å². The van der Waals surface area contributed by atoms with Gasteiger partial charge in [-0.15, -0.1) is 0 Å². The topological polar surface area (TPSA) is 268 Å². The summed E-state index contributed by atoms with van der Waals surface area (Å²) < 4.78 is 21.4. The van der Waals surface area contributed by atoms with Gasteiger partial charge in [-0.3, -0.25) is 9.59 Å². The maximum atomic E-state index is 13.0. The number of nitrogens with zero attached hydrogens (tertiary/aromatic N) is 6. The zero-order chi connectivity index (χ0) is 43.5. The maximum Gasteiger partial charge on any atom is 0.234 e. The average Bonchev–Trinajstić information content (AvgIpc) is 3.27. The molecule has 0 aromatic heterocycles. The van der Waals surface area contributed by atoms with Crippen LogP contribution < -0.4 is 51.7 Å². The number of thioether (sulfide) groups is 2. The molecule has 0 aliphatic carbocycles. The van der Waals surface area contributed by atoms with Crippen molar-refractivity contribution in [1.82, 2.24) is 10.6 Å². The van der Waals surface area contributed by atoms with Gasteiger partial charge in [0.1, 0.15) is 0 Å². The van der Waals surface area contributed by atoms with Gasteiger partial charge in [0.05, 0.1) is 63.2 Å². The average molecular weight is 861 g/mol. The van der Waals surface area contributed by atoms with E-state index >= 15 is 0 Å². The largest absolute Gasteiger partial charge is 0.493 e. The number of carbonyl (C=O) groups excluding carboxylic acids is 2. The molecule has 61 heavy (non-hydrogen) atoms. The van der Waals surface area contributed by atoms with Gasteiger partial charge in [0, 0.05) is 28.9 Å². The summed E-state index contributed by atoms with van der Waals surface area (Å²) in [6.07, 6.45) is -1.05. The number of aliphatic imine (C=N–C) groups is 4. The predicted molar refractivity (Wildman–Crippen MR) is 236 cm³/mol. The Kier molecular flexibility index (Phi) is 14.2. The molecule has 6 rings (SSSR count). The molecule has 2 heterocycles. The highest BCUT2D eigenvalue weighted by Crippen LogP contribution is 2.34. The van der Waals surface area contributed by atoms with Crippen molar-refractivity contribution in [3.8, 4) is 35.1 Å². The maximum absolute atomic E-state index is 13.0. The highest BCUT2D eigenvalue weighted by molar-refractivity contribution is 8.14. The van der Waals surface area contributed by atoms with E-state index in [-0.39, 0.29) is 41.7 Å². The highest BCUT2D eigenvalue weighted by Gasteiger charge is 2.22. The molecule has 2 amide bonds. The van der Waals surface area contributed by atoms with Gasteiger partial charge in [-0.1, -0.05) is 47.8 Å². The van der Waals surface area contributed by atoms with Crippen LogP contribution in [0.25, 0.3) is 0 Å². The molecule has 0 spiro atoms. The predicted octanol–water partition coefficient (Wildman–Crippen LogP) is 4.34. The van der Waals surface area contributed by atoms with E-state index in [9.17, 15) is 20.1 Å². The first-order chi connectivity index (χ1) is 29.5. The molecule has 0 fully saturated rings. The normalized spacial score (nSPS) is 15.4. The van der Waals surface area contributed by atoms with Gasteiger partial charge < -0.3 is 51.7 Å². The monoisotopic (exact) mass is 860 g/mol. The van der Waals surface area contributed by atoms with Crippen LogP contribution in [-0.4, -0.2) is 74.0 Å². The molecule has 18 nitrogen and oxygen atoms in total. The number of nitriles is 2. The second-order valence-electron chi connectivity index (χ2n) is 12.9. The third kappa shape index (κ3) is 11.0. The molecule has 4 aromatic carbocycles. The molecule has 0 unspecified atom stereocenters. The number of anilines is 2. The van der Waals surface area contributed by atoms with Crippen molar-refractivity contribution in [3.63, 3.8) is 0 Å². The van der Waals surface area contributed by atoms with Gasteiger partial charge in [0.2, 0.25) is 11.8 Å². The van der Waals surface area contributed by atoms with E-state index < -0.39 is 12.3 Å². The van der Waals surface area contributed by atoms with Crippen molar-refractivity contribution in [2.75, 3.05) is 50.6 Å². The second kappa shape index (κ2) is 20.0. The first-order valence-corrected chi connectivity index (χ1v) is 20.2. The van der Waals surface area contributed by atoms with Crippen molar-refractivity contribution in [3.05, 3.63) is 106 Å². The van der Waals surface area contributed by atoms with Crippen LogP contribution >= 0.6 is 23.5 Å². The Morgan fingerprint density at radius 3 is 1.41 bits per heavy atom. The van der Waals surface area contributed by atoms with Crippen molar-refractivity contribution >= 4 is 69.0 Å². The molecule has 0 radical (unpaired) electrons. The standard InChI is InChI=1S/C41H40N12O6S2/c1-56-30-11-7-24(16-32(30)58-3)36-48-38(44)52-40(50-36)60-20-34(54)46-28-9-5-22(26(14-28)18-42)13-23-6-10-29(15-27(23)19-43)47-35(55)21-61-41-51-37(49-39(45)53-41)25-8-12-31(57-2)33(17-25)59-4/h5-12,14-17,36-37H,13,20-21H2,1-4H3,(H,46,54)(H,47,55)(H3,44,48,50,52)(H3,45,49,51,53)/t36-,37-/m1/s1. The van der Waals surface area contributed by atoms with E-state index in [0.717, 1.165) is 34.7 Å². The summed E-state index contributed by atoms with van der Waals surface area (Å²) >= 11 is 2.28. The van der Waals surface area contributed by atoms with Crippen molar-refractivity contribution < 1.29 is 28.5 Å². The van der Waals surface area contributed by atoms with Crippen LogP contribution in [-0.2, 0) is 16.0 Å². The first-order valence-electron chi connectivity index (χ1n) is 18.2. The van der Waals surface area contributed by atoms with Gasteiger partial charge >= 0.3 is 0 Å².